The van der Waals surface area contributed by atoms with Crippen molar-refractivity contribution in [2.75, 3.05) is 6.54 Å². The normalized spacial score (nSPS) is 11.7. The van der Waals surface area contributed by atoms with Crippen LogP contribution >= 0.6 is 0 Å². The molecule has 4 rings (SSSR count). The molecule has 1 N–H and O–H groups in total. The summed E-state index contributed by atoms with van der Waals surface area (Å²) in [5.74, 6) is -0.135. The van der Waals surface area contributed by atoms with E-state index in [4.69, 9.17) is 0 Å². The lowest BCUT2D eigenvalue weighted by atomic mass is 9.99. The number of nitrogens with one attached hydrogen (secondary N) is 1. The number of aryl methyl sites for hydroxylation is 2. The van der Waals surface area contributed by atoms with Crippen LogP contribution in [0.5, 0.6) is 0 Å². The standard InChI is InChI=1S/C32H34N2O2/c1-3-33-32(36)30(22-25-12-5-4-6-13-25)34(23-26-14-9-11-24(2)21-26)31(35)20-19-28-17-10-16-27-15-7-8-18-29(27)28/h4-18,21,30H,3,19-20,22-23H2,1-2H3,(H,33,36)/t30-/m0/s1. The maximum Gasteiger partial charge on any atom is 0.243 e. The maximum atomic E-state index is 13.8. The van der Waals surface area contributed by atoms with Crippen LogP contribution in [0.25, 0.3) is 10.8 Å². The molecule has 0 saturated carbocycles. The van der Waals surface area contributed by atoms with Crippen molar-refractivity contribution in [1.82, 2.24) is 10.2 Å². The van der Waals surface area contributed by atoms with Gasteiger partial charge in [0.1, 0.15) is 6.04 Å². The average Bonchev–Trinajstić information content (AvgIpc) is 2.90. The van der Waals surface area contributed by atoms with Gasteiger partial charge in [-0.1, -0.05) is 103 Å². The van der Waals surface area contributed by atoms with Gasteiger partial charge in [-0.3, -0.25) is 9.59 Å². The Kier molecular flexibility index (Phi) is 8.51. The number of carbonyl (C=O) groups excluding carboxylic acids is 2. The van der Waals surface area contributed by atoms with Gasteiger partial charge in [-0.2, -0.15) is 0 Å². The number of likely N-dealkylation sites (N-methyl/N-ethyl adjacent to an activating group) is 1. The number of rotatable bonds is 10. The van der Waals surface area contributed by atoms with E-state index < -0.39 is 6.04 Å². The Hall–Kier alpha value is -3.92. The number of amides is 2. The third kappa shape index (κ3) is 6.39. The molecular weight excluding hydrogens is 444 g/mol. The SMILES string of the molecule is CCNC(=O)[C@H](Cc1ccccc1)N(Cc1cccc(C)c1)C(=O)CCc1cccc2ccccc12. The van der Waals surface area contributed by atoms with Crippen molar-refractivity contribution in [3.8, 4) is 0 Å². The summed E-state index contributed by atoms with van der Waals surface area (Å²) in [4.78, 5) is 28.9. The summed E-state index contributed by atoms with van der Waals surface area (Å²) in [6, 6.07) is 32.0. The smallest absolute Gasteiger partial charge is 0.243 e. The Morgan fingerprint density at radius 3 is 2.31 bits per heavy atom. The summed E-state index contributed by atoms with van der Waals surface area (Å²) in [5.41, 5.74) is 4.34. The van der Waals surface area contributed by atoms with E-state index in [9.17, 15) is 9.59 Å². The van der Waals surface area contributed by atoms with E-state index in [2.05, 4.69) is 35.6 Å². The van der Waals surface area contributed by atoms with Gasteiger partial charge in [-0.15, -0.1) is 0 Å². The zero-order valence-electron chi connectivity index (χ0n) is 21.1. The van der Waals surface area contributed by atoms with E-state index in [1.165, 1.54) is 10.8 Å². The Morgan fingerprint density at radius 1 is 0.833 bits per heavy atom. The van der Waals surface area contributed by atoms with Crippen LogP contribution in [0.1, 0.15) is 35.6 Å². The quantitative estimate of drug-likeness (QED) is 0.310. The van der Waals surface area contributed by atoms with Gasteiger partial charge in [0, 0.05) is 25.9 Å². The van der Waals surface area contributed by atoms with Gasteiger partial charge >= 0.3 is 0 Å². The molecule has 4 heteroatoms. The minimum Gasteiger partial charge on any atom is -0.355 e. The topological polar surface area (TPSA) is 49.4 Å². The molecule has 4 nitrogen and oxygen atoms in total. The fourth-order valence-electron chi connectivity index (χ4n) is 4.75. The Labute approximate surface area is 214 Å². The molecule has 0 aliphatic heterocycles. The third-order valence-electron chi connectivity index (χ3n) is 6.55. The van der Waals surface area contributed by atoms with Gasteiger partial charge in [-0.05, 0) is 47.7 Å². The molecule has 0 heterocycles. The minimum atomic E-state index is -0.590. The van der Waals surface area contributed by atoms with Crippen LogP contribution in [-0.4, -0.2) is 29.3 Å². The van der Waals surface area contributed by atoms with Crippen LogP contribution < -0.4 is 5.32 Å². The average molecular weight is 479 g/mol. The lowest BCUT2D eigenvalue weighted by molar-refractivity contribution is -0.141. The van der Waals surface area contributed by atoms with Crippen LogP contribution in [-0.2, 0) is 29.0 Å². The molecule has 0 spiro atoms. The summed E-state index contributed by atoms with van der Waals surface area (Å²) in [7, 11) is 0. The van der Waals surface area contributed by atoms with E-state index in [1.54, 1.807) is 4.90 Å². The van der Waals surface area contributed by atoms with E-state index in [0.717, 1.165) is 22.3 Å². The number of hydrogen-bond donors (Lipinski definition) is 1. The fourth-order valence-corrected chi connectivity index (χ4v) is 4.75. The monoisotopic (exact) mass is 478 g/mol. The Morgan fingerprint density at radius 2 is 1.53 bits per heavy atom. The molecule has 4 aromatic rings. The van der Waals surface area contributed by atoms with Crippen molar-refractivity contribution < 1.29 is 9.59 Å². The number of fused-ring (bicyclic) bond motifs is 1. The molecule has 0 bridgehead atoms. The lowest BCUT2D eigenvalue weighted by Gasteiger charge is -2.31. The first-order valence-electron chi connectivity index (χ1n) is 12.7. The largest absolute Gasteiger partial charge is 0.355 e. The molecule has 0 aliphatic rings. The fraction of sp³-hybridized carbons (Fsp3) is 0.250. The van der Waals surface area contributed by atoms with Gasteiger partial charge in [0.05, 0.1) is 0 Å². The summed E-state index contributed by atoms with van der Waals surface area (Å²) in [6.45, 7) is 4.86. The first kappa shape index (κ1) is 25.2. The zero-order valence-corrected chi connectivity index (χ0v) is 21.1. The van der Waals surface area contributed by atoms with Gasteiger partial charge in [0.25, 0.3) is 0 Å². The van der Waals surface area contributed by atoms with E-state index in [1.807, 2.05) is 80.6 Å². The second-order valence-electron chi connectivity index (χ2n) is 9.25. The first-order valence-corrected chi connectivity index (χ1v) is 12.7. The van der Waals surface area contributed by atoms with Crippen molar-refractivity contribution in [3.63, 3.8) is 0 Å². The van der Waals surface area contributed by atoms with Crippen molar-refractivity contribution >= 4 is 22.6 Å². The van der Waals surface area contributed by atoms with Crippen LogP contribution in [0.15, 0.2) is 97.1 Å². The van der Waals surface area contributed by atoms with Crippen molar-refractivity contribution in [2.24, 2.45) is 0 Å². The molecule has 184 valence electrons. The van der Waals surface area contributed by atoms with E-state index in [0.29, 0.717) is 32.4 Å². The molecule has 36 heavy (non-hydrogen) atoms. The van der Waals surface area contributed by atoms with Gasteiger partial charge < -0.3 is 10.2 Å². The molecule has 4 aromatic carbocycles. The number of benzene rings is 4. The number of nitrogens with zero attached hydrogens (tertiary/aromatic N) is 1. The van der Waals surface area contributed by atoms with E-state index in [-0.39, 0.29) is 11.8 Å². The highest BCUT2D eigenvalue weighted by Gasteiger charge is 2.30. The van der Waals surface area contributed by atoms with Gasteiger partial charge in [0.15, 0.2) is 0 Å². The highest BCUT2D eigenvalue weighted by atomic mass is 16.2. The summed E-state index contributed by atoms with van der Waals surface area (Å²) in [6.07, 6.45) is 1.43. The van der Waals surface area contributed by atoms with Crippen LogP contribution in [0.3, 0.4) is 0 Å². The second kappa shape index (κ2) is 12.2. The lowest BCUT2D eigenvalue weighted by Crippen LogP contribution is -2.50. The third-order valence-corrected chi connectivity index (χ3v) is 6.55. The van der Waals surface area contributed by atoms with Crippen molar-refractivity contribution in [2.45, 2.75) is 45.7 Å². The molecule has 0 radical (unpaired) electrons. The molecular formula is C32H34N2O2. The summed E-state index contributed by atoms with van der Waals surface area (Å²) < 4.78 is 0. The highest BCUT2D eigenvalue weighted by molar-refractivity contribution is 5.89. The van der Waals surface area contributed by atoms with Crippen LogP contribution in [0, 0.1) is 6.92 Å². The Balaban J connectivity index is 1.63. The van der Waals surface area contributed by atoms with Crippen LogP contribution in [0.2, 0.25) is 0 Å². The van der Waals surface area contributed by atoms with Crippen LogP contribution in [0.4, 0.5) is 0 Å². The minimum absolute atomic E-state index is 0.0170. The molecule has 0 saturated heterocycles. The molecule has 2 amide bonds. The molecule has 0 aromatic heterocycles. The first-order chi connectivity index (χ1) is 17.5. The number of hydrogen-bond acceptors (Lipinski definition) is 2. The summed E-state index contributed by atoms with van der Waals surface area (Å²) >= 11 is 0. The molecule has 0 aliphatic carbocycles. The molecule has 0 unspecified atom stereocenters. The Bertz CT molecular complexity index is 1310. The van der Waals surface area contributed by atoms with Gasteiger partial charge in [-0.25, -0.2) is 0 Å². The summed E-state index contributed by atoms with van der Waals surface area (Å²) in [5, 5.41) is 5.30. The van der Waals surface area contributed by atoms with Gasteiger partial charge in [0.2, 0.25) is 11.8 Å². The van der Waals surface area contributed by atoms with E-state index >= 15 is 0 Å². The predicted octanol–water partition coefficient (Wildman–Crippen LogP) is 5.86. The highest BCUT2D eigenvalue weighted by Crippen LogP contribution is 2.22. The van der Waals surface area contributed by atoms with Crippen molar-refractivity contribution in [3.05, 3.63) is 119 Å². The molecule has 1 atom stereocenters. The second-order valence-corrected chi connectivity index (χ2v) is 9.25. The molecule has 0 fully saturated rings. The number of carbonyl (C=O) groups is 2. The maximum absolute atomic E-state index is 13.8. The zero-order chi connectivity index (χ0) is 25.3. The van der Waals surface area contributed by atoms with Crippen molar-refractivity contribution in [1.29, 1.82) is 0 Å². The predicted molar refractivity (Wildman–Crippen MR) is 147 cm³/mol.